The summed E-state index contributed by atoms with van der Waals surface area (Å²) in [6, 6.07) is 2.77. The van der Waals surface area contributed by atoms with E-state index in [4.69, 9.17) is 22.3 Å². The average Bonchev–Trinajstić information content (AvgIpc) is 2.36. The van der Waals surface area contributed by atoms with Crippen molar-refractivity contribution in [1.29, 1.82) is 0 Å². The van der Waals surface area contributed by atoms with Gasteiger partial charge in [-0.3, -0.25) is 4.79 Å². The van der Waals surface area contributed by atoms with Crippen molar-refractivity contribution in [2.45, 2.75) is 25.2 Å². The molecule has 0 atom stereocenters. The fraction of sp³-hybridized carbons (Fsp3) is 0.417. The van der Waals surface area contributed by atoms with Gasteiger partial charge in [-0.05, 0) is 25.5 Å². The molecule has 0 bridgehead atoms. The van der Waals surface area contributed by atoms with Crippen LogP contribution in [-0.4, -0.2) is 32.3 Å². The average molecular weight is 403 g/mol. The Bertz CT molecular complexity index is 619. The van der Waals surface area contributed by atoms with Crippen LogP contribution in [0.2, 0.25) is 5.02 Å². The number of halogens is 3. The van der Waals surface area contributed by atoms with E-state index in [9.17, 15) is 13.2 Å². The van der Waals surface area contributed by atoms with Gasteiger partial charge in [0, 0.05) is 28.2 Å². The van der Waals surface area contributed by atoms with Gasteiger partial charge >= 0.3 is 0 Å². The number of hydrogen-bond donors (Lipinski definition) is 0. The Hall–Kier alpha value is -0.300. The fourth-order valence-corrected chi connectivity index (χ4v) is 3.92. The first-order valence-electron chi connectivity index (χ1n) is 5.95. The lowest BCUT2D eigenvalue weighted by Crippen LogP contribution is -2.31. The molecule has 0 saturated carbocycles. The number of hydrogen-bond acceptors (Lipinski definition) is 3. The Balaban J connectivity index is 3.39. The van der Waals surface area contributed by atoms with Crippen molar-refractivity contribution in [3.63, 3.8) is 0 Å². The molecule has 0 aliphatic rings. The summed E-state index contributed by atoms with van der Waals surface area (Å²) in [5.74, 6) is -0.317. The monoisotopic (exact) mass is 401 g/mol. The molecule has 0 heterocycles. The Kier molecular flexibility index (Phi) is 6.31. The molecule has 1 aromatic carbocycles. The van der Waals surface area contributed by atoms with Gasteiger partial charge in [-0.2, -0.15) is 0 Å². The van der Waals surface area contributed by atoms with E-state index in [-0.39, 0.29) is 21.4 Å². The summed E-state index contributed by atoms with van der Waals surface area (Å²) >= 11 is 9.20. The SMILES string of the molecule is CCCN(CC)C(=O)c1cc(Br)cc(S(=O)(=O)Cl)c1Cl. The van der Waals surface area contributed by atoms with Crippen molar-refractivity contribution in [3.8, 4) is 0 Å². The van der Waals surface area contributed by atoms with Crippen LogP contribution >= 0.6 is 38.2 Å². The second kappa shape index (κ2) is 7.11. The third-order valence-electron chi connectivity index (χ3n) is 2.66. The van der Waals surface area contributed by atoms with Crippen molar-refractivity contribution in [2.75, 3.05) is 13.1 Å². The molecule has 4 nitrogen and oxygen atoms in total. The van der Waals surface area contributed by atoms with Gasteiger partial charge in [0.1, 0.15) is 4.90 Å². The van der Waals surface area contributed by atoms with Crippen molar-refractivity contribution in [2.24, 2.45) is 0 Å². The Morgan fingerprint density at radius 2 is 1.95 bits per heavy atom. The molecule has 0 spiro atoms. The van der Waals surface area contributed by atoms with Crippen molar-refractivity contribution in [3.05, 3.63) is 27.2 Å². The number of amides is 1. The quantitative estimate of drug-likeness (QED) is 0.701. The van der Waals surface area contributed by atoms with E-state index >= 15 is 0 Å². The van der Waals surface area contributed by atoms with Gasteiger partial charge in [-0.25, -0.2) is 8.42 Å². The zero-order valence-corrected chi connectivity index (χ0v) is 14.9. The van der Waals surface area contributed by atoms with E-state index in [1.807, 2.05) is 13.8 Å². The molecular formula is C12H14BrCl2NO3S. The molecule has 0 unspecified atom stereocenters. The molecule has 0 aliphatic heterocycles. The lowest BCUT2D eigenvalue weighted by molar-refractivity contribution is 0.0764. The lowest BCUT2D eigenvalue weighted by atomic mass is 10.2. The summed E-state index contributed by atoms with van der Waals surface area (Å²) in [5, 5.41) is -0.150. The van der Waals surface area contributed by atoms with Gasteiger partial charge < -0.3 is 4.90 Å². The Morgan fingerprint density at radius 3 is 2.40 bits per heavy atom. The first kappa shape index (κ1) is 17.8. The van der Waals surface area contributed by atoms with Gasteiger partial charge in [-0.15, -0.1) is 0 Å². The molecule has 1 rings (SSSR count). The van der Waals surface area contributed by atoms with Crippen LogP contribution < -0.4 is 0 Å². The van der Waals surface area contributed by atoms with E-state index in [1.54, 1.807) is 4.90 Å². The third-order valence-corrected chi connectivity index (χ3v) is 4.98. The summed E-state index contributed by atoms with van der Waals surface area (Å²) in [5.41, 5.74) is 0.121. The van der Waals surface area contributed by atoms with E-state index < -0.39 is 9.05 Å². The summed E-state index contributed by atoms with van der Waals surface area (Å²) in [7, 11) is 1.31. The summed E-state index contributed by atoms with van der Waals surface area (Å²) in [4.78, 5) is 13.7. The zero-order chi connectivity index (χ0) is 15.5. The Morgan fingerprint density at radius 1 is 1.35 bits per heavy atom. The van der Waals surface area contributed by atoms with Crippen molar-refractivity contribution >= 4 is 53.2 Å². The van der Waals surface area contributed by atoms with Crippen LogP contribution in [-0.2, 0) is 9.05 Å². The largest absolute Gasteiger partial charge is 0.339 e. The van der Waals surface area contributed by atoms with Crippen LogP contribution in [0.25, 0.3) is 0 Å². The first-order valence-corrected chi connectivity index (χ1v) is 9.43. The third kappa shape index (κ3) is 4.10. The van der Waals surface area contributed by atoms with Gasteiger partial charge in [0.15, 0.2) is 0 Å². The van der Waals surface area contributed by atoms with Crippen LogP contribution in [0.4, 0.5) is 0 Å². The molecule has 0 saturated heterocycles. The van der Waals surface area contributed by atoms with Gasteiger partial charge in [-0.1, -0.05) is 34.5 Å². The highest BCUT2D eigenvalue weighted by molar-refractivity contribution is 9.10. The Labute approximate surface area is 136 Å². The molecule has 8 heteroatoms. The molecule has 1 amide bonds. The van der Waals surface area contributed by atoms with E-state index in [2.05, 4.69) is 15.9 Å². The molecule has 0 N–H and O–H groups in total. The predicted octanol–water partition coefficient (Wildman–Crippen LogP) is 3.90. The van der Waals surface area contributed by atoms with Gasteiger partial charge in [0.05, 0.1) is 10.6 Å². The van der Waals surface area contributed by atoms with Crippen molar-refractivity contribution < 1.29 is 13.2 Å². The van der Waals surface area contributed by atoms with Crippen LogP contribution in [0.15, 0.2) is 21.5 Å². The highest BCUT2D eigenvalue weighted by Gasteiger charge is 2.24. The maximum atomic E-state index is 12.4. The smallest absolute Gasteiger partial charge is 0.262 e. The van der Waals surface area contributed by atoms with E-state index in [1.165, 1.54) is 12.1 Å². The van der Waals surface area contributed by atoms with Crippen LogP contribution in [0.5, 0.6) is 0 Å². The summed E-state index contributed by atoms with van der Waals surface area (Å²) in [6.07, 6.45) is 0.797. The predicted molar refractivity (Wildman–Crippen MR) is 84.1 cm³/mol. The lowest BCUT2D eigenvalue weighted by Gasteiger charge is -2.21. The first-order chi connectivity index (χ1) is 9.22. The molecule has 0 aliphatic carbocycles. The molecule has 112 valence electrons. The maximum absolute atomic E-state index is 12.4. The van der Waals surface area contributed by atoms with Crippen LogP contribution in [0, 0.1) is 0 Å². The second-order valence-electron chi connectivity index (χ2n) is 4.09. The van der Waals surface area contributed by atoms with E-state index in [0.717, 1.165) is 6.42 Å². The molecule has 0 radical (unpaired) electrons. The standard InChI is InChI=1S/C12H14BrCl2NO3S/c1-3-5-16(4-2)12(17)9-6-8(13)7-10(11(9)14)20(15,18)19/h6-7H,3-5H2,1-2H3. The fourth-order valence-electron chi connectivity index (χ4n) is 1.74. The van der Waals surface area contributed by atoms with Crippen LogP contribution in [0.3, 0.4) is 0 Å². The van der Waals surface area contributed by atoms with Crippen molar-refractivity contribution in [1.82, 2.24) is 4.90 Å². The summed E-state index contributed by atoms with van der Waals surface area (Å²) in [6.45, 7) is 4.88. The number of carbonyl (C=O) groups is 1. The normalized spacial score (nSPS) is 11.4. The molecule has 0 aromatic heterocycles. The second-order valence-corrected chi connectivity index (χ2v) is 7.92. The maximum Gasteiger partial charge on any atom is 0.262 e. The number of carbonyl (C=O) groups excluding carboxylic acids is 1. The number of benzene rings is 1. The van der Waals surface area contributed by atoms with E-state index in [0.29, 0.717) is 17.6 Å². The number of rotatable bonds is 5. The minimum Gasteiger partial charge on any atom is -0.339 e. The van der Waals surface area contributed by atoms with Gasteiger partial charge in [0.25, 0.3) is 15.0 Å². The van der Waals surface area contributed by atoms with Gasteiger partial charge in [0.2, 0.25) is 0 Å². The topological polar surface area (TPSA) is 54.5 Å². The molecule has 20 heavy (non-hydrogen) atoms. The minimum absolute atomic E-state index is 0.121. The minimum atomic E-state index is -4.02. The summed E-state index contributed by atoms with van der Waals surface area (Å²) < 4.78 is 23.4. The highest BCUT2D eigenvalue weighted by Crippen LogP contribution is 2.32. The number of nitrogens with zero attached hydrogens (tertiary/aromatic N) is 1. The molecular weight excluding hydrogens is 389 g/mol. The molecule has 1 aromatic rings. The highest BCUT2D eigenvalue weighted by atomic mass is 79.9. The van der Waals surface area contributed by atoms with Crippen LogP contribution in [0.1, 0.15) is 30.6 Å². The molecule has 0 fully saturated rings. The zero-order valence-electron chi connectivity index (χ0n) is 11.0.